The third kappa shape index (κ3) is 4.98. The number of aryl methyl sites for hydroxylation is 1. The Kier molecular flexibility index (Phi) is 7.01. The molecule has 11 heteroatoms. The number of benzene rings is 1. The first-order valence-electron chi connectivity index (χ1n) is 11.2. The van der Waals surface area contributed by atoms with Crippen LogP contribution in [0.1, 0.15) is 50.0 Å². The van der Waals surface area contributed by atoms with Gasteiger partial charge < -0.3 is 20.7 Å². The average Bonchev–Trinajstić information content (AvgIpc) is 3.18. The van der Waals surface area contributed by atoms with Gasteiger partial charge in [-0.2, -0.15) is 5.10 Å². The fourth-order valence-corrected chi connectivity index (χ4v) is 4.93. The molecule has 3 aromatic rings. The van der Waals surface area contributed by atoms with Crippen LogP contribution < -0.4 is 20.7 Å². The number of carbonyl (C=O) groups excluding carboxylic acids is 1. The van der Waals surface area contributed by atoms with Crippen molar-refractivity contribution in [2.24, 2.45) is 7.05 Å². The summed E-state index contributed by atoms with van der Waals surface area (Å²) in [6.07, 6.45) is 5.83. The highest BCUT2D eigenvalue weighted by Gasteiger charge is 2.25. The smallest absolute Gasteiger partial charge is 0.277 e. The van der Waals surface area contributed by atoms with E-state index in [0.717, 1.165) is 55.2 Å². The summed E-state index contributed by atoms with van der Waals surface area (Å²) in [5.74, 6) is -1.36. The molecule has 1 saturated heterocycles. The van der Waals surface area contributed by atoms with Crippen LogP contribution in [0.5, 0.6) is 5.75 Å². The predicted molar refractivity (Wildman–Crippen MR) is 129 cm³/mol. The van der Waals surface area contributed by atoms with Crippen LogP contribution in [0.15, 0.2) is 18.3 Å². The van der Waals surface area contributed by atoms with E-state index in [1.807, 2.05) is 7.05 Å². The number of nitrogens with two attached hydrogens (primary N) is 1. The molecule has 1 aliphatic heterocycles. The Labute approximate surface area is 200 Å². The standard InChI is InChI=1S/C23H28F2N6O2S/c1-13(2)33-14-10-15(24)18(16(25)11-14)22-29-19(20(26)34-22)21(32)28-17-12-27-30(3)23(17)31-8-6-4-5-7-9-31/h10-13H,4-9,26H2,1-3H3,(H,28,32). The second-order valence-corrected chi connectivity index (χ2v) is 9.55. The number of anilines is 3. The van der Waals surface area contributed by atoms with Gasteiger partial charge in [0.15, 0.2) is 11.5 Å². The van der Waals surface area contributed by atoms with E-state index in [1.165, 1.54) is 12.8 Å². The van der Waals surface area contributed by atoms with Crippen molar-refractivity contribution >= 4 is 33.8 Å². The zero-order chi connectivity index (χ0) is 24.4. The van der Waals surface area contributed by atoms with Gasteiger partial charge in [0.05, 0.1) is 17.9 Å². The van der Waals surface area contributed by atoms with Crippen molar-refractivity contribution in [2.45, 2.75) is 45.6 Å². The van der Waals surface area contributed by atoms with E-state index in [1.54, 1.807) is 24.7 Å². The van der Waals surface area contributed by atoms with Crippen molar-refractivity contribution in [3.8, 4) is 16.3 Å². The van der Waals surface area contributed by atoms with Gasteiger partial charge in [-0.15, -0.1) is 0 Å². The van der Waals surface area contributed by atoms with Crippen molar-refractivity contribution in [2.75, 3.05) is 29.0 Å². The van der Waals surface area contributed by atoms with Gasteiger partial charge in [-0.05, 0) is 26.7 Å². The Bertz CT molecular complexity index is 1160. The minimum Gasteiger partial charge on any atom is -0.491 e. The van der Waals surface area contributed by atoms with Gasteiger partial charge in [0.1, 0.15) is 33.1 Å². The molecular weight excluding hydrogens is 462 g/mol. The molecule has 0 saturated carbocycles. The predicted octanol–water partition coefficient (Wildman–Crippen LogP) is 4.82. The summed E-state index contributed by atoms with van der Waals surface area (Å²) in [6.45, 7) is 5.27. The summed E-state index contributed by atoms with van der Waals surface area (Å²) < 4.78 is 36.5. The zero-order valence-corrected chi connectivity index (χ0v) is 20.2. The van der Waals surface area contributed by atoms with Crippen LogP contribution in [0.25, 0.3) is 10.6 Å². The molecular formula is C23H28F2N6O2S. The number of nitrogens with one attached hydrogen (secondary N) is 1. The van der Waals surface area contributed by atoms with Crippen LogP contribution in [0.3, 0.4) is 0 Å². The van der Waals surface area contributed by atoms with E-state index in [9.17, 15) is 13.6 Å². The Morgan fingerprint density at radius 2 is 1.82 bits per heavy atom. The van der Waals surface area contributed by atoms with Crippen LogP contribution in [0.4, 0.5) is 25.3 Å². The number of hydrogen-bond acceptors (Lipinski definition) is 7. The number of amides is 1. The van der Waals surface area contributed by atoms with Crippen LogP contribution in [-0.4, -0.2) is 39.9 Å². The molecule has 3 heterocycles. The highest BCUT2D eigenvalue weighted by Crippen LogP contribution is 2.36. The Balaban J connectivity index is 1.59. The second kappa shape index (κ2) is 9.96. The molecule has 4 rings (SSSR count). The van der Waals surface area contributed by atoms with Gasteiger partial charge in [-0.3, -0.25) is 9.48 Å². The van der Waals surface area contributed by atoms with Gasteiger partial charge in [-0.25, -0.2) is 13.8 Å². The third-order valence-corrected chi connectivity index (χ3v) is 6.43. The zero-order valence-electron chi connectivity index (χ0n) is 19.4. The highest BCUT2D eigenvalue weighted by molar-refractivity contribution is 7.19. The number of aromatic nitrogens is 3. The van der Waals surface area contributed by atoms with Gasteiger partial charge >= 0.3 is 0 Å². The number of nitrogens with zero attached hydrogens (tertiary/aromatic N) is 4. The first-order valence-corrected chi connectivity index (χ1v) is 12.1. The highest BCUT2D eigenvalue weighted by atomic mass is 32.1. The Morgan fingerprint density at radius 1 is 1.18 bits per heavy atom. The molecule has 1 amide bonds. The van der Waals surface area contributed by atoms with E-state index in [0.29, 0.717) is 5.69 Å². The number of halogens is 2. The average molecular weight is 491 g/mol. The lowest BCUT2D eigenvalue weighted by atomic mass is 10.2. The lowest BCUT2D eigenvalue weighted by molar-refractivity contribution is 0.102. The summed E-state index contributed by atoms with van der Waals surface area (Å²) >= 11 is 0.848. The summed E-state index contributed by atoms with van der Waals surface area (Å²) in [5.41, 5.74) is 6.13. The molecule has 0 spiro atoms. The van der Waals surface area contributed by atoms with Crippen molar-refractivity contribution in [3.05, 3.63) is 35.7 Å². The maximum Gasteiger partial charge on any atom is 0.277 e. The molecule has 0 atom stereocenters. The molecule has 1 fully saturated rings. The van der Waals surface area contributed by atoms with Gasteiger partial charge in [-0.1, -0.05) is 24.2 Å². The Hall–Kier alpha value is -3.21. The van der Waals surface area contributed by atoms with E-state index >= 15 is 0 Å². The van der Waals surface area contributed by atoms with Crippen molar-refractivity contribution in [1.82, 2.24) is 14.8 Å². The van der Waals surface area contributed by atoms with E-state index in [2.05, 4.69) is 20.3 Å². The fraction of sp³-hybridized carbons (Fsp3) is 0.435. The van der Waals surface area contributed by atoms with E-state index < -0.39 is 17.5 Å². The van der Waals surface area contributed by atoms with Crippen LogP contribution >= 0.6 is 11.3 Å². The molecule has 0 bridgehead atoms. The number of hydrogen-bond donors (Lipinski definition) is 2. The summed E-state index contributed by atoms with van der Waals surface area (Å²) in [4.78, 5) is 19.4. The molecule has 0 aliphatic carbocycles. The first-order chi connectivity index (χ1) is 16.2. The number of thiazole rings is 1. The molecule has 3 N–H and O–H groups in total. The largest absolute Gasteiger partial charge is 0.491 e. The summed E-state index contributed by atoms with van der Waals surface area (Å²) in [5, 5.41) is 7.16. The molecule has 182 valence electrons. The molecule has 1 aromatic carbocycles. The fourth-order valence-electron chi connectivity index (χ4n) is 4.05. The Morgan fingerprint density at radius 3 is 2.44 bits per heavy atom. The van der Waals surface area contributed by atoms with Gasteiger partial charge in [0.25, 0.3) is 5.91 Å². The minimum atomic E-state index is -0.841. The number of ether oxygens (including phenoxy) is 1. The SMILES string of the molecule is CC(C)Oc1cc(F)c(-c2nc(C(=O)Nc3cnn(C)c3N3CCCCCC3)c(N)s2)c(F)c1. The van der Waals surface area contributed by atoms with Gasteiger partial charge in [0, 0.05) is 32.3 Å². The monoisotopic (exact) mass is 490 g/mol. The van der Waals surface area contributed by atoms with Crippen molar-refractivity contribution in [3.63, 3.8) is 0 Å². The van der Waals surface area contributed by atoms with Crippen molar-refractivity contribution < 1.29 is 18.3 Å². The molecule has 8 nitrogen and oxygen atoms in total. The quantitative estimate of drug-likeness (QED) is 0.514. The normalized spacial score (nSPS) is 14.4. The van der Waals surface area contributed by atoms with Crippen LogP contribution in [-0.2, 0) is 7.05 Å². The summed E-state index contributed by atoms with van der Waals surface area (Å²) in [6, 6.07) is 2.19. The summed E-state index contributed by atoms with van der Waals surface area (Å²) in [7, 11) is 1.82. The van der Waals surface area contributed by atoms with Crippen molar-refractivity contribution in [1.29, 1.82) is 0 Å². The topological polar surface area (TPSA) is 98.3 Å². The van der Waals surface area contributed by atoms with Crippen LogP contribution in [0, 0.1) is 11.6 Å². The lowest BCUT2D eigenvalue weighted by Crippen LogP contribution is -2.27. The van der Waals surface area contributed by atoms with Gasteiger partial charge in [0.2, 0.25) is 0 Å². The number of nitrogen functional groups attached to an aromatic ring is 1. The van der Waals surface area contributed by atoms with E-state index in [4.69, 9.17) is 10.5 Å². The molecule has 0 unspecified atom stereocenters. The maximum absolute atomic E-state index is 14.7. The second-order valence-electron chi connectivity index (χ2n) is 8.52. The maximum atomic E-state index is 14.7. The molecule has 34 heavy (non-hydrogen) atoms. The first kappa shape index (κ1) is 23.9. The molecule has 0 radical (unpaired) electrons. The lowest BCUT2D eigenvalue weighted by Gasteiger charge is -2.23. The minimum absolute atomic E-state index is 0.0207. The number of carbonyl (C=O) groups is 1. The van der Waals surface area contributed by atoms with Crippen LogP contribution in [0.2, 0.25) is 0 Å². The number of rotatable bonds is 6. The molecule has 1 aliphatic rings. The molecule has 2 aromatic heterocycles. The third-order valence-electron chi connectivity index (χ3n) is 5.53. The van der Waals surface area contributed by atoms with E-state index in [-0.39, 0.29) is 33.1 Å².